The predicted molar refractivity (Wildman–Crippen MR) is 109 cm³/mol. The Kier molecular flexibility index (Phi) is 21.9. The fourth-order valence-electron chi connectivity index (χ4n) is 2.26. The third-order valence-electron chi connectivity index (χ3n) is 3.98. The van der Waals surface area contributed by atoms with Gasteiger partial charge in [0.1, 0.15) is 0 Å². The molecule has 0 fully saturated rings. The fourth-order valence-corrected chi connectivity index (χ4v) is 2.26. The standard InChI is InChI=1S/C21H43NO4/c1-4-7-9-11-22-19-21(6-3)20-26-18-17-25-16-15-24-14-13-23-12-10-8-5-2/h19,22H,4-18,20H2,1-3H3/b21-19+. The van der Waals surface area contributed by atoms with Crippen molar-refractivity contribution in [1.29, 1.82) is 0 Å². The summed E-state index contributed by atoms with van der Waals surface area (Å²) >= 11 is 0. The number of hydrogen-bond acceptors (Lipinski definition) is 5. The average Bonchev–Trinajstić information content (AvgIpc) is 2.66. The fraction of sp³-hybridized carbons (Fsp3) is 0.905. The Morgan fingerprint density at radius 1 is 0.654 bits per heavy atom. The van der Waals surface area contributed by atoms with Crippen LogP contribution in [0.5, 0.6) is 0 Å². The van der Waals surface area contributed by atoms with Crippen LogP contribution in [0.15, 0.2) is 11.8 Å². The van der Waals surface area contributed by atoms with Gasteiger partial charge in [0, 0.05) is 13.2 Å². The summed E-state index contributed by atoms with van der Waals surface area (Å²) in [5.41, 5.74) is 1.30. The number of ether oxygens (including phenoxy) is 4. The van der Waals surface area contributed by atoms with E-state index >= 15 is 0 Å². The monoisotopic (exact) mass is 373 g/mol. The Bertz CT molecular complexity index is 298. The Balaban J connectivity index is 3.29. The minimum absolute atomic E-state index is 0.606. The quantitative estimate of drug-likeness (QED) is 0.304. The lowest BCUT2D eigenvalue weighted by atomic mass is 10.2. The smallest absolute Gasteiger partial charge is 0.0704 e. The SMILES string of the molecule is CCCCCN/C=C(\CC)COCCOCCOCCOCCCCC. The average molecular weight is 374 g/mol. The first-order valence-corrected chi connectivity index (χ1v) is 10.6. The number of hydrogen-bond donors (Lipinski definition) is 1. The molecule has 5 heteroatoms. The summed E-state index contributed by atoms with van der Waals surface area (Å²) in [5.74, 6) is 0. The lowest BCUT2D eigenvalue weighted by molar-refractivity contribution is -0.0000974. The van der Waals surface area contributed by atoms with Crippen LogP contribution in [-0.2, 0) is 18.9 Å². The molecule has 0 radical (unpaired) electrons. The Hall–Kier alpha value is -0.620. The summed E-state index contributed by atoms with van der Waals surface area (Å²) < 4.78 is 22.1. The van der Waals surface area contributed by atoms with Gasteiger partial charge in [-0.2, -0.15) is 0 Å². The van der Waals surface area contributed by atoms with Gasteiger partial charge in [0.2, 0.25) is 0 Å². The molecule has 156 valence electrons. The molecule has 0 aromatic carbocycles. The van der Waals surface area contributed by atoms with Gasteiger partial charge < -0.3 is 24.3 Å². The van der Waals surface area contributed by atoms with Gasteiger partial charge in [-0.15, -0.1) is 0 Å². The molecular weight excluding hydrogens is 330 g/mol. The molecule has 0 saturated heterocycles. The van der Waals surface area contributed by atoms with Crippen molar-refractivity contribution in [1.82, 2.24) is 5.32 Å². The molecule has 0 atom stereocenters. The van der Waals surface area contributed by atoms with Gasteiger partial charge in [0.05, 0.1) is 46.2 Å². The predicted octanol–water partition coefficient (Wildman–Crippen LogP) is 4.32. The van der Waals surface area contributed by atoms with E-state index in [2.05, 4.69) is 32.3 Å². The molecule has 0 unspecified atom stereocenters. The summed E-state index contributed by atoms with van der Waals surface area (Å²) in [6.07, 6.45) is 10.5. The maximum atomic E-state index is 5.66. The molecule has 0 spiro atoms. The third-order valence-corrected chi connectivity index (χ3v) is 3.98. The van der Waals surface area contributed by atoms with Gasteiger partial charge in [-0.25, -0.2) is 0 Å². The van der Waals surface area contributed by atoms with Gasteiger partial charge in [0.25, 0.3) is 0 Å². The van der Waals surface area contributed by atoms with Gasteiger partial charge >= 0.3 is 0 Å². The summed E-state index contributed by atoms with van der Waals surface area (Å²) in [6.45, 7) is 12.9. The molecule has 0 saturated carbocycles. The summed E-state index contributed by atoms with van der Waals surface area (Å²) in [6, 6.07) is 0. The normalized spacial score (nSPS) is 11.9. The Morgan fingerprint density at radius 3 is 1.77 bits per heavy atom. The molecule has 0 aromatic rings. The van der Waals surface area contributed by atoms with Gasteiger partial charge in [0.15, 0.2) is 0 Å². The van der Waals surface area contributed by atoms with Crippen LogP contribution in [0.25, 0.3) is 0 Å². The molecule has 0 aliphatic heterocycles. The van der Waals surface area contributed by atoms with Crippen molar-refractivity contribution >= 4 is 0 Å². The number of rotatable bonds is 21. The number of nitrogens with one attached hydrogen (secondary N) is 1. The highest BCUT2D eigenvalue weighted by Crippen LogP contribution is 2.00. The third kappa shape index (κ3) is 19.7. The van der Waals surface area contributed by atoms with E-state index in [0.29, 0.717) is 46.2 Å². The van der Waals surface area contributed by atoms with Crippen LogP contribution in [0.1, 0.15) is 65.7 Å². The van der Waals surface area contributed by atoms with Crippen molar-refractivity contribution < 1.29 is 18.9 Å². The second-order valence-electron chi connectivity index (χ2n) is 6.41. The first-order valence-electron chi connectivity index (χ1n) is 10.6. The molecule has 5 nitrogen and oxygen atoms in total. The number of unbranched alkanes of at least 4 members (excludes halogenated alkanes) is 4. The molecule has 26 heavy (non-hydrogen) atoms. The van der Waals surface area contributed by atoms with Gasteiger partial charge in [-0.05, 0) is 31.0 Å². The van der Waals surface area contributed by atoms with E-state index in [4.69, 9.17) is 18.9 Å². The maximum absolute atomic E-state index is 5.66. The molecule has 1 N–H and O–H groups in total. The van der Waals surface area contributed by atoms with Crippen LogP contribution in [0.4, 0.5) is 0 Å². The van der Waals surface area contributed by atoms with E-state index in [1.165, 1.54) is 37.7 Å². The highest BCUT2D eigenvalue weighted by atomic mass is 16.6. The van der Waals surface area contributed by atoms with Crippen molar-refractivity contribution in [3.8, 4) is 0 Å². The van der Waals surface area contributed by atoms with E-state index in [-0.39, 0.29) is 0 Å². The van der Waals surface area contributed by atoms with E-state index in [1.807, 2.05) is 0 Å². The zero-order valence-electron chi connectivity index (χ0n) is 17.5. The topological polar surface area (TPSA) is 49.0 Å². The van der Waals surface area contributed by atoms with Crippen molar-refractivity contribution in [2.75, 3.05) is 59.4 Å². The first-order chi connectivity index (χ1) is 12.8. The van der Waals surface area contributed by atoms with E-state index < -0.39 is 0 Å². The van der Waals surface area contributed by atoms with Crippen LogP contribution in [0, 0.1) is 0 Å². The lowest BCUT2D eigenvalue weighted by Crippen LogP contribution is -2.13. The van der Waals surface area contributed by atoms with Gasteiger partial charge in [-0.3, -0.25) is 0 Å². The van der Waals surface area contributed by atoms with Crippen molar-refractivity contribution in [3.05, 3.63) is 11.8 Å². The minimum Gasteiger partial charge on any atom is -0.391 e. The second-order valence-corrected chi connectivity index (χ2v) is 6.41. The molecule has 0 rings (SSSR count). The Labute approximate surface area is 161 Å². The van der Waals surface area contributed by atoms with Crippen LogP contribution < -0.4 is 5.32 Å². The lowest BCUT2D eigenvalue weighted by Gasteiger charge is -2.09. The van der Waals surface area contributed by atoms with Crippen LogP contribution in [0.2, 0.25) is 0 Å². The Morgan fingerprint density at radius 2 is 1.19 bits per heavy atom. The van der Waals surface area contributed by atoms with Gasteiger partial charge in [-0.1, -0.05) is 46.5 Å². The minimum atomic E-state index is 0.606. The first kappa shape index (κ1) is 25.4. The molecule has 0 bridgehead atoms. The molecule has 0 amide bonds. The summed E-state index contributed by atoms with van der Waals surface area (Å²) in [5, 5.41) is 3.37. The van der Waals surface area contributed by atoms with Crippen molar-refractivity contribution in [2.45, 2.75) is 65.7 Å². The van der Waals surface area contributed by atoms with E-state index in [0.717, 1.165) is 26.0 Å². The molecule has 0 aliphatic rings. The van der Waals surface area contributed by atoms with Crippen LogP contribution in [-0.4, -0.2) is 59.4 Å². The van der Waals surface area contributed by atoms with E-state index in [1.54, 1.807) is 0 Å². The largest absolute Gasteiger partial charge is 0.391 e. The molecule has 0 aromatic heterocycles. The van der Waals surface area contributed by atoms with Crippen molar-refractivity contribution in [2.24, 2.45) is 0 Å². The van der Waals surface area contributed by atoms with Crippen LogP contribution in [0.3, 0.4) is 0 Å². The zero-order valence-corrected chi connectivity index (χ0v) is 17.5. The maximum Gasteiger partial charge on any atom is 0.0704 e. The summed E-state index contributed by atoms with van der Waals surface area (Å²) in [4.78, 5) is 0. The van der Waals surface area contributed by atoms with Crippen molar-refractivity contribution in [3.63, 3.8) is 0 Å². The molecule has 0 heterocycles. The van der Waals surface area contributed by atoms with E-state index in [9.17, 15) is 0 Å². The second kappa shape index (κ2) is 22.4. The highest BCUT2D eigenvalue weighted by molar-refractivity contribution is 5.00. The molecular formula is C21H43NO4. The summed E-state index contributed by atoms with van der Waals surface area (Å²) in [7, 11) is 0. The highest BCUT2D eigenvalue weighted by Gasteiger charge is 1.96. The van der Waals surface area contributed by atoms with Crippen LogP contribution >= 0.6 is 0 Å². The zero-order chi connectivity index (χ0) is 19.1. The molecule has 0 aliphatic carbocycles.